The molecule has 0 N–H and O–H groups in total. The Bertz CT molecular complexity index is 1880. The molecule has 2 aromatic heterocycles. The third kappa shape index (κ3) is 5.81. The van der Waals surface area contributed by atoms with E-state index in [-0.39, 0.29) is 24.2 Å². The van der Waals surface area contributed by atoms with Gasteiger partial charge in [-0.1, -0.05) is 42.5 Å². The van der Waals surface area contributed by atoms with E-state index in [1.165, 1.54) is 0 Å². The molecule has 0 unspecified atom stereocenters. The van der Waals surface area contributed by atoms with Gasteiger partial charge in [-0.2, -0.15) is 5.26 Å². The highest BCUT2D eigenvalue weighted by Gasteiger charge is 2.39. The zero-order chi connectivity index (χ0) is 30.8. The van der Waals surface area contributed by atoms with E-state index >= 15 is 0 Å². The van der Waals surface area contributed by atoms with Crippen LogP contribution in [0.5, 0.6) is 5.88 Å². The van der Waals surface area contributed by atoms with Gasteiger partial charge in [-0.25, -0.2) is 9.97 Å². The van der Waals surface area contributed by atoms with Crippen molar-refractivity contribution in [1.29, 1.82) is 5.26 Å². The standard InChI is InChI=1S/C37H34N4O3S/c38-24-37(28-9-3-1-4-10-28)15-13-25(14-16-37)35(42)26-19-27-22-39-33(44-23-34-40-31-11-5-6-12-32(31)45-34)21-29(27)30(20-26)36(43)41-17-7-2-8-18-41/h1,3-6,9-12,19-22,25H,2,7-8,13-18,23H2. The van der Waals surface area contributed by atoms with Crippen LogP contribution in [0.1, 0.15) is 76.2 Å². The van der Waals surface area contributed by atoms with Gasteiger partial charge in [-0.15, -0.1) is 11.3 Å². The summed E-state index contributed by atoms with van der Waals surface area (Å²) in [6, 6.07) is 25.9. The van der Waals surface area contributed by atoms with Crippen molar-refractivity contribution in [3.05, 3.63) is 101 Å². The third-order valence-electron chi connectivity index (χ3n) is 9.40. The number of carbonyl (C=O) groups excluding carboxylic acids is 2. The minimum absolute atomic E-state index is 0.0281. The van der Waals surface area contributed by atoms with Gasteiger partial charge in [-0.05, 0) is 74.8 Å². The molecule has 0 radical (unpaired) electrons. The van der Waals surface area contributed by atoms with Gasteiger partial charge in [0.05, 0.1) is 21.7 Å². The van der Waals surface area contributed by atoms with Crippen molar-refractivity contribution in [2.24, 2.45) is 5.92 Å². The van der Waals surface area contributed by atoms with Gasteiger partial charge in [-0.3, -0.25) is 9.59 Å². The Morgan fingerprint density at radius 3 is 2.49 bits per heavy atom. The van der Waals surface area contributed by atoms with Gasteiger partial charge in [0.1, 0.15) is 11.6 Å². The van der Waals surface area contributed by atoms with Crippen LogP contribution < -0.4 is 4.74 Å². The molecule has 1 aliphatic carbocycles. The Hall–Kier alpha value is -4.61. The van der Waals surface area contributed by atoms with Crippen molar-refractivity contribution >= 4 is 44.0 Å². The maximum absolute atomic E-state index is 14.0. The average Bonchev–Trinajstić information content (AvgIpc) is 3.53. The molecule has 0 atom stereocenters. The summed E-state index contributed by atoms with van der Waals surface area (Å²) in [6.07, 6.45) is 7.30. The largest absolute Gasteiger partial charge is 0.470 e. The fraction of sp³-hybridized carbons (Fsp3) is 0.324. The number of nitriles is 1. The summed E-state index contributed by atoms with van der Waals surface area (Å²) in [7, 11) is 0. The second kappa shape index (κ2) is 12.4. The number of Topliss-reactive ketones (excluding diaryl/α,β-unsaturated/α-hetero) is 1. The van der Waals surface area contributed by atoms with Gasteiger partial charge in [0.25, 0.3) is 5.91 Å². The smallest absolute Gasteiger partial charge is 0.254 e. The van der Waals surface area contributed by atoms with Crippen LogP contribution in [0.15, 0.2) is 79.0 Å². The fourth-order valence-electron chi connectivity index (χ4n) is 6.85. The Kier molecular flexibility index (Phi) is 8.03. The highest BCUT2D eigenvalue weighted by atomic mass is 32.1. The molecule has 0 spiro atoms. The Morgan fingerprint density at radius 1 is 0.978 bits per heavy atom. The van der Waals surface area contributed by atoms with Gasteiger partial charge in [0.2, 0.25) is 5.88 Å². The first kappa shape index (κ1) is 29.1. The molecule has 5 aromatic rings. The molecule has 3 heterocycles. The number of hydrogen-bond acceptors (Lipinski definition) is 7. The highest BCUT2D eigenvalue weighted by molar-refractivity contribution is 7.18. The lowest BCUT2D eigenvalue weighted by atomic mass is 9.66. The van der Waals surface area contributed by atoms with Gasteiger partial charge in [0, 0.05) is 53.2 Å². The van der Waals surface area contributed by atoms with Crippen LogP contribution in [-0.4, -0.2) is 39.6 Å². The molecule has 1 amide bonds. The first-order valence-corrected chi connectivity index (χ1v) is 16.6. The number of amides is 1. The molecule has 1 saturated heterocycles. The number of ether oxygens (including phenoxy) is 1. The summed E-state index contributed by atoms with van der Waals surface area (Å²) in [4.78, 5) is 39.0. The monoisotopic (exact) mass is 614 g/mol. The second-order valence-corrected chi connectivity index (χ2v) is 13.3. The predicted molar refractivity (Wildman–Crippen MR) is 175 cm³/mol. The van der Waals surface area contributed by atoms with Crippen molar-refractivity contribution in [2.75, 3.05) is 13.1 Å². The van der Waals surface area contributed by atoms with Crippen LogP contribution in [0.4, 0.5) is 0 Å². The average molecular weight is 615 g/mol. The van der Waals surface area contributed by atoms with Crippen LogP contribution in [0, 0.1) is 17.2 Å². The predicted octanol–water partition coefficient (Wildman–Crippen LogP) is 7.88. The van der Waals surface area contributed by atoms with Crippen molar-refractivity contribution in [3.8, 4) is 11.9 Å². The number of fused-ring (bicyclic) bond motifs is 2. The lowest BCUT2D eigenvalue weighted by Crippen LogP contribution is -2.36. The summed E-state index contributed by atoms with van der Waals surface area (Å²) in [5.41, 5.74) is 2.43. The number of ketones is 1. The summed E-state index contributed by atoms with van der Waals surface area (Å²) in [5, 5.41) is 12.5. The van der Waals surface area contributed by atoms with Crippen LogP contribution >= 0.6 is 11.3 Å². The maximum atomic E-state index is 14.0. The van der Waals surface area contributed by atoms with E-state index in [1.54, 1.807) is 23.6 Å². The van der Waals surface area contributed by atoms with Crippen LogP contribution in [0.25, 0.3) is 21.0 Å². The summed E-state index contributed by atoms with van der Waals surface area (Å²) >= 11 is 1.59. The molecule has 2 aliphatic rings. The highest BCUT2D eigenvalue weighted by Crippen LogP contribution is 2.42. The van der Waals surface area contributed by atoms with E-state index in [0.717, 1.165) is 50.8 Å². The summed E-state index contributed by atoms with van der Waals surface area (Å²) in [5.74, 6) is 0.179. The molecule has 3 aromatic carbocycles. The Balaban J connectivity index is 1.16. The number of likely N-dealkylation sites (tertiary alicyclic amines) is 1. The number of benzene rings is 3. The lowest BCUT2D eigenvalue weighted by molar-refractivity contribution is 0.0726. The van der Waals surface area contributed by atoms with Crippen molar-refractivity contribution in [3.63, 3.8) is 0 Å². The van der Waals surface area contributed by atoms with Crippen molar-refractivity contribution in [2.45, 2.75) is 57.0 Å². The molecule has 2 fully saturated rings. The minimum Gasteiger partial charge on any atom is -0.470 e. The van der Waals surface area contributed by atoms with E-state index in [2.05, 4.69) is 16.0 Å². The fourth-order valence-corrected chi connectivity index (χ4v) is 7.73. The molecule has 1 saturated carbocycles. The normalized spacial score (nSPS) is 20.2. The van der Waals surface area contributed by atoms with E-state index in [9.17, 15) is 14.9 Å². The molecule has 45 heavy (non-hydrogen) atoms. The number of aromatic nitrogens is 2. The number of thiazole rings is 1. The number of carbonyl (C=O) groups is 2. The molecule has 1 aliphatic heterocycles. The van der Waals surface area contributed by atoms with Crippen LogP contribution in [-0.2, 0) is 12.0 Å². The zero-order valence-electron chi connectivity index (χ0n) is 25.1. The molecular weight excluding hydrogens is 580 g/mol. The zero-order valence-corrected chi connectivity index (χ0v) is 25.9. The van der Waals surface area contributed by atoms with Gasteiger partial charge >= 0.3 is 0 Å². The maximum Gasteiger partial charge on any atom is 0.254 e. The summed E-state index contributed by atoms with van der Waals surface area (Å²) < 4.78 is 7.17. The molecule has 7 rings (SSSR count). The van der Waals surface area contributed by atoms with E-state index in [4.69, 9.17) is 4.74 Å². The molecule has 7 nitrogen and oxygen atoms in total. The number of rotatable bonds is 7. The number of hydrogen-bond donors (Lipinski definition) is 0. The lowest BCUT2D eigenvalue weighted by Gasteiger charge is -2.35. The SMILES string of the molecule is N#CC1(c2ccccc2)CCC(C(=O)c2cc(C(=O)N3CCCCC3)c3cc(OCc4nc5ccccc5s4)ncc3c2)CC1. The third-order valence-corrected chi connectivity index (χ3v) is 10.4. The van der Waals surface area contributed by atoms with Crippen LogP contribution in [0.3, 0.4) is 0 Å². The second-order valence-electron chi connectivity index (χ2n) is 12.2. The number of para-hydroxylation sites is 1. The first-order valence-electron chi connectivity index (χ1n) is 15.7. The molecule has 226 valence electrons. The molecule has 0 bridgehead atoms. The Labute approximate surface area is 266 Å². The summed E-state index contributed by atoms with van der Waals surface area (Å²) in [6.45, 7) is 1.70. The number of piperidine rings is 1. The first-order chi connectivity index (χ1) is 22.0. The number of nitrogens with zero attached hydrogens (tertiary/aromatic N) is 4. The molecular formula is C37H34N4O3S. The van der Waals surface area contributed by atoms with Crippen LogP contribution in [0.2, 0.25) is 0 Å². The van der Waals surface area contributed by atoms with E-state index in [0.29, 0.717) is 55.8 Å². The Morgan fingerprint density at radius 2 is 1.73 bits per heavy atom. The topological polar surface area (TPSA) is 96.2 Å². The van der Waals surface area contributed by atoms with Crippen molar-refractivity contribution < 1.29 is 14.3 Å². The quantitative estimate of drug-likeness (QED) is 0.173. The van der Waals surface area contributed by atoms with Gasteiger partial charge < -0.3 is 9.64 Å². The molecule has 8 heteroatoms. The van der Waals surface area contributed by atoms with Gasteiger partial charge in [0.15, 0.2) is 5.78 Å². The van der Waals surface area contributed by atoms with Crippen molar-refractivity contribution in [1.82, 2.24) is 14.9 Å². The van der Waals surface area contributed by atoms with E-state index in [1.807, 2.05) is 71.6 Å². The minimum atomic E-state index is -0.567. The number of pyridine rings is 1. The van der Waals surface area contributed by atoms with E-state index < -0.39 is 5.41 Å².